The molecular weight excluding hydrogens is 402 g/mol. The van der Waals surface area contributed by atoms with E-state index in [-0.39, 0.29) is 36.5 Å². The highest BCUT2D eigenvalue weighted by Gasteiger charge is 2.34. The number of anilines is 2. The van der Waals surface area contributed by atoms with Crippen LogP contribution in [0.2, 0.25) is 0 Å². The highest BCUT2D eigenvalue weighted by atomic mass is 16.5. The molecule has 0 saturated carbocycles. The van der Waals surface area contributed by atoms with Gasteiger partial charge in [0.15, 0.2) is 0 Å². The molecule has 2 aromatic carbocycles. The standard InChI is InChI=1S/C22H23N3O6/c1-30-15-7-5-6-14(12-15)23-20(27)16-8-3-4-9-18(16)24-19-17(22(29)31-2)13-25(10-11-26)21(19)28/h3-9,12,24,26H,10-11,13H2,1-2H3,(H,23,27). The molecule has 0 atom stereocenters. The second-order valence-corrected chi connectivity index (χ2v) is 6.65. The summed E-state index contributed by atoms with van der Waals surface area (Å²) >= 11 is 0. The molecule has 0 saturated heterocycles. The molecule has 1 aliphatic heterocycles. The number of carbonyl (C=O) groups is 3. The lowest BCUT2D eigenvalue weighted by Crippen LogP contribution is -2.31. The maximum absolute atomic E-state index is 12.9. The van der Waals surface area contributed by atoms with Crippen LogP contribution in [0.3, 0.4) is 0 Å². The van der Waals surface area contributed by atoms with Crippen LogP contribution >= 0.6 is 0 Å². The molecule has 9 nitrogen and oxygen atoms in total. The second-order valence-electron chi connectivity index (χ2n) is 6.65. The summed E-state index contributed by atoms with van der Waals surface area (Å²) < 4.78 is 9.95. The fraction of sp³-hybridized carbons (Fsp3) is 0.227. The third kappa shape index (κ3) is 4.84. The molecular formula is C22H23N3O6. The Balaban J connectivity index is 1.89. The molecule has 3 N–H and O–H groups in total. The maximum Gasteiger partial charge on any atom is 0.337 e. The quantitative estimate of drug-likeness (QED) is 0.550. The summed E-state index contributed by atoms with van der Waals surface area (Å²) in [4.78, 5) is 39.2. The Bertz CT molecular complexity index is 1030. The zero-order chi connectivity index (χ0) is 22.4. The van der Waals surface area contributed by atoms with E-state index in [2.05, 4.69) is 10.6 Å². The van der Waals surface area contributed by atoms with E-state index in [4.69, 9.17) is 9.47 Å². The first-order valence-electron chi connectivity index (χ1n) is 9.51. The highest BCUT2D eigenvalue weighted by molar-refractivity contribution is 6.11. The van der Waals surface area contributed by atoms with Gasteiger partial charge >= 0.3 is 5.97 Å². The third-order valence-electron chi connectivity index (χ3n) is 4.71. The molecule has 0 bridgehead atoms. The SMILES string of the molecule is COC(=O)C1=C(Nc2ccccc2C(=O)Nc2cccc(OC)c2)C(=O)N(CCO)C1. The first-order valence-corrected chi connectivity index (χ1v) is 9.51. The Hall–Kier alpha value is -3.85. The maximum atomic E-state index is 12.9. The number of ether oxygens (including phenoxy) is 2. The smallest absolute Gasteiger partial charge is 0.337 e. The summed E-state index contributed by atoms with van der Waals surface area (Å²) in [5.41, 5.74) is 1.31. The van der Waals surface area contributed by atoms with Gasteiger partial charge in [0, 0.05) is 18.3 Å². The minimum atomic E-state index is -0.658. The summed E-state index contributed by atoms with van der Waals surface area (Å²) in [6.45, 7) is -0.165. The number of para-hydroxylation sites is 1. The molecule has 1 heterocycles. The van der Waals surface area contributed by atoms with Gasteiger partial charge in [-0.1, -0.05) is 18.2 Å². The normalized spacial score (nSPS) is 13.3. The molecule has 0 aromatic heterocycles. The Morgan fingerprint density at radius 1 is 1.13 bits per heavy atom. The number of rotatable bonds is 8. The van der Waals surface area contributed by atoms with E-state index in [1.54, 1.807) is 48.5 Å². The van der Waals surface area contributed by atoms with Crippen molar-refractivity contribution >= 4 is 29.2 Å². The van der Waals surface area contributed by atoms with Gasteiger partial charge in [0.25, 0.3) is 11.8 Å². The molecule has 3 rings (SSSR count). The number of β-amino-alcohol motifs (C(OH)–C–C–N with tert-alkyl or cyclic N) is 1. The highest BCUT2D eigenvalue weighted by Crippen LogP contribution is 2.26. The zero-order valence-corrected chi connectivity index (χ0v) is 17.2. The molecule has 162 valence electrons. The predicted octanol–water partition coefficient (Wildman–Crippen LogP) is 1.62. The van der Waals surface area contributed by atoms with E-state index >= 15 is 0 Å². The van der Waals surface area contributed by atoms with Gasteiger partial charge in [-0.25, -0.2) is 4.79 Å². The largest absolute Gasteiger partial charge is 0.497 e. The van der Waals surface area contributed by atoms with Gasteiger partial charge in [-0.3, -0.25) is 9.59 Å². The lowest BCUT2D eigenvalue weighted by molar-refractivity contribution is -0.136. The minimum absolute atomic E-state index is 0.00652. The van der Waals surface area contributed by atoms with Gasteiger partial charge in [0.1, 0.15) is 11.4 Å². The van der Waals surface area contributed by atoms with E-state index < -0.39 is 17.8 Å². The Labute approximate surface area is 179 Å². The molecule has 0 spiro atoms. The molecule has 0 unspecified atom stereocenters. The molecule has 0 radical (unpaired) electrons. The predicted molar refractivity (Wildman–Crippen MR) is 114 cm³/mol. The lowest BCUT2D eigenvalue weighted by Gasteiger charge is -2.16. The monoisotopic (exact) mass is 425 g/mol. The number of amides is 2. The number of aliphatic hydroxyl groups is 1. The molecule has 9 heteroatoms. The molecule has 2 aromatic rings. The average Bonchev–Trinajstić information content (AvgIpc) is 3.09. The van der Waals surface area contributed by atoms with Crippen molar-refractivity contribution in [3.8, 4) is 5.75 Å². The molecule has 0 fully saturated rings. The number of hydrogen-bond acceptors (Lipinski definition) is 7. The van der Waals surface area contributed by atoms with Crippen LogP contribution in [0.15, 0.2) is 59.8 Å². The van der Waals surface area contributed by atoms with Crippen LogP contribution in [-0.2, 0) is 14.3 Å². The summed E-state index contributed by atoms with van der Waals surface area (Å²) in [6, 6.07) is 13.5. The van der Waals surface area contributed by atoms with Crippen molar-refractivity contribution < 1.29 is 29.0 Å². The molecule has 2 amide bonds. The van der Waals surface area contributed by atoms with Crippen molar-refractivity contribution in [2.45, 2.75) is 0 Å². The van der Waals surface area contributed by atoms with Gasteiger partial charge in [0.2, 0.25) is 0 Å². The van der Waals surface area contributed by atoms with E-state index in [9.17, 15) is 19.5 Å². The van der Waals surface area contributed by atoms with Crippen LogP contribution in [-0.4, -0.2) is 61.7 Å². The number of nitrogens with zero attached hydrogens (tertiary/aromatic N) is 1. The van der Waals surface area contributed by atoms with E-state index in [0.29, 0.717) is 17.1 Å². The molecule has 31 heavy (non-hydrogen) atoms. The number of methoxy groups -OCH3 is 2. The van der Waals surface area contributed by atoms with Crippen LogP contribution in [0.1, 0.15) is 10.4 Å². The number of aliphatic hydroxyl groups excluding tert-OH is 1. The number of carbonyl (C=O) groups excluding carboxylic acids is 3. The van der Waals surface area contributed by atoms with Crippen molar-refractivity contribution in [1.29, 1.82) is 0 Å². The van der Waals surface area contributed by atoms with Gasteiger partial charge in [-0.05, 0) is 24.3 Å². The van der Waals surface area contributed by atoms with Crippen molar-refractivity contribution in [1.82, 2.24) is 4.90 Å². The van der Waals surface area contributed by atoms with Gasteiger partial charge in [0.05, 0.1) is 44.2 Å². The van der Waals surface area contributed by atoms with Crippen LogP contribution in [0, 0.1) is 0 Å². The fourth-order valence-electron chi connectivity index (χ4n) is 3.17. The van der Waals surface area contributed by atoms with Crippen molar-refractivity contribution in [2.24, 2.45) is 0 Å². The van der Waals surface area contributed by atoms with Crippen LogP contribution < -0.4 is 15.4 Å². The Morgan fingerprint density at radius 3 is 2.61 bits per heavy atom. The van der Waals surface area contributed by atoms with Crippen LogP contribution in [0.25, 0.3) is 0 Å². The van der Waals surface area contributed by atoms with Crippen molar-refractivity contribution in [3.63, 3.8) is 0 Å². The topological polar surface area (TPSA) is 117 Å². The van der Waals surface area contributed by atoms with E-state index in [1.807, 2.05) is 0 Å². The first kappa shape index (κ1) is 21.8. The lowest BCUT2D eigenvalue weighted by atomic mass is 10.1. The summed E-state index contributed by atoms with van der Waals surface area (Å²) in [6.07, 6.45) is 0. The molecule has 1 aliphatic rings. The van der Waals surface area contributed by atoms with Gasteiger partial charge in [-0.15, -0.1) is 0 Å². The fourth-order valence-corrected chi connectivity index (χ4v) is 3.17. The Morgan fingerprint density at radius 2 is 1.90 bits per heavy atom. The second kappa shape index (κ2) is 9.77. The average molecular weight is 425 g/mol. The first-order chi connectivity index (χ1) is 15.0. The van der Waals surface area contributed by atoms with Crippen molar-refractivity contribution in [2.75, 3.05) is 44.5 Å². The number of esters is 1. The minimum Gasteiger partial charge on any atom is -0.497 e. The van der Waals surface area contributed by atoms with Gasteiger partial charge in [-0.2, -0.15) is 0 Å². The summed E-state index contributed by atoms with van der Waals surface area (Å²) in [5.74, 6) is -0.932. The van der Waals surface area contributed by atoms with Crippen molar-refractivity contribution in [3.05, 3.63) is 65.4 Å². The van der Waals surface area contributed by atoms with Crippen LogP contribution in [0.4, 0.5) is 11.4 Å². The Kier molecular flexibility index (Phi) is 6.88. The third-order valence-corrected chi connectivity index (χ3v) is 4.71. The number of hydrogen-bond donors (Lipinski definition) is 3. The summed E-state index contributed by atoms with van der Waals surface area (Å²) in [7, 11) is 2.76. The van der Waals surface area contributed by atoms with E-state index in [0.717, 1.165) is 0 Å². The molecule has 0 aliphatic carbocycles. The van der Waals surface area contributed by atoms with E-state index in [1.165, 1.54) is 19.1 Å². The number of benzene rings is 2. The van der Waals surface area contributed by atoms with Gasteiger partial charge < -0.3 is 30.1 Å². The van der Waals surface area contributed by atoms with Crippen LogP contribution in [0.5, 0.6) is 5.75 Å². The number of nitrogens with one attached hydrogen (secondary N) is 2. The zero-order valence-electron chi connectivity index (χ0n) is 17.2. The summed E-state index contributed by atoms with van der Waals surface area (Å²) in [5, 5.41) is 14.9.